The standard InChI is InChI=1S/C58H65N3O8SSi2/c1-11-65-47-35-25-24-34-46(47)48(66-38-39-68-71(56(3,4)5,42-26-16-12-17-27-42)43-28-18-13-19-29-43)40-60-53-49(41(2)50(70-53)51-59-36-37-67-51)52(62)61(55(60)64)58(9,10)54(63)69-72(57(6,7)8,44-30-20-14-21-31-44)45-32-22-15-23-33-45/h12-37,48H,11,38-40H2,1-10H3/t48-/m0/s1. The van der Waals surface area contributed by atoms with Crippen molar-refractivity contribution in [1.29, 1.82) is 0 Å². The van der Waals surface area contributed by atoms with E-state index >= 15 is 14.4 Å². The highest BCUT2D eigenvalue weighted by molar-refractivity contribution is 7.22. The number of benzene rings is 5. The molecule has 0 aliphatic rings. The number of rotatable bonds is 18. The van der Waals surface area contributed by atoms with Gasteiger partial charge in [-0.1, -0.05) is 181 Å². The third-order valence-corrected chi connectivity index (χ3v) is 24.9. The van der Waals surface area contributed by atoms with Crippen LogP contribution in [0.2, 0.25) is 10.1 Å². The molecule has 374 valence electrons. The molecule has 5 aromatic carbocycles. The van der Waals surface area contributed by atoms with Crippen LogP contribution in [0.3, 0.4) is 0 Å². The van der Waals surface area contributed by atoms with Crippen LogP contribution >= 0.6 is 11.3 Å². The molecule has 11 nitrogen and oxygen atoms in total. The molecule has 0 saturated heterocycles. The van der Waals surface area contributed by atoms with Crippen molar-refractivity contribution in [3.05, 3.63) is 190 Å². The maximum Gasteiger partial charge on any atom is 0.333 e. The average Bonchev–Trinajstić information content (AvgIpc) is 4.03. The molecule has 3 heterocycles. The van der Waals surface area contributed by atoms with Crippen molar-refractivity contribution in [3.8, 4) is 16.5 Å². The van der Waals surface area contributed by atoms with Gasteiger partial charge < -0.3 is 22.7 Å². The Bertz CT molecular complexity index is 3160. The van der Waals surface area contributed by atoms with Crippen molar-refractivity contribution in [2.24, 2.45) is 0 Å². The van der Waals surface area contributed by atoms with Crippen LogP contribution in [-0.4, -0.2) is 56.5 Å². The zero-order valence-corrected chi connectivity index (χ0v) is 45.7. The van der Waals surface area contributed by atoms with Gasteiger partial charge in [0.1, 0.15) is 28.5 Å². The summed E-state index contributed by atoms with van der Waals surface area (Å²) in [5.41, 5.74) is -1.89. The number of carbonyl (C=O) groups is 1. The van der Waals surface area contributed by atoms with Crippen LogP contribution in [0.15, 0.2) is 172 Å². The van der Waals surface area contributed by atoms with Gasteiger partial charge in [-0.25, -0.2) is 14.3 Å². The topological polar surface area (TPSA) is 124 Å². The van der Waals surface area contributed by atoms with Gasteiger partial charge in [0.05, 0.1) is 42.8 Å². The fourth-order valence-corrected chi connectivity index (χ4v) is 20.4. The van der Waals surface area contributed by atoms with E-state index in [4.69, 9.17) is 22.7 Å². The molecule has 8 aromatic rings. The summed E-state index contributed by atoms with van der Waals surface area (Å²) in [6.45, 7) is 20.5. The number of ether oxygens (including phenoxy) is 2. The molecule has 72 heavy (non-hydrogen) atoms. The molecule has 0 radical (unpaired) electrons. The third-order valence-electron chi connectivity index (χ3n) is 13.6. The lowest BCUT2D eigenvalue weighted by molar-refractivity contribution is -0.144. The summed E-state index contributed by atoms with van der Waals surface area (Å²) < 4.78 is 35.9. The summed E-state index contributed by atoms with van der Waals surface area (Å²) >= 11 is 1.23. The van der Waals surface area contributed by atoms with E-state index in [1.807, 2.05) is 111 Å². The van der Waals surface area contributed by atoms with Gasteiger partial charge in [-0.3, -0.25) is 14.2 Å². The van der Waals surface area contributed by atoms with Crippen molar-refractivity contribution in [3.63, 3.8) is 0 Å². The summed E-state index contributed by atoms with van der Waals surface area (Å²) in [6.07, 6.45) is 2.21. The van der Waals surface area contributed by atoms with Crippen molar-refractivity contribution < 1.29 is 27.5 Å². The Kier molecular flexibility index (Phi) is 15.1. The number of aryl methyl sites for hydroxylation is 1. The largest absolute Gasteiger partial charge is 0.508 e. The second kappa shape index (κ2) is 21.0. The van der Waals surface area contributed by atoms with E-state index in [9.17, 15) is 0 Å². The summed E-state index contributed by atoms with van der Waals surface area (Å²) in [7, 11) is -6.45. The lowest BCUT2D eigenvalue weighted by Gasteiger charge is -2.43. The first-order valence-corrected chi connectivity index (χ1v) is 29.1. The minimum atomic E-state index is -3.51. The third kappa shape index (κ3) is 9.54. The number of oxazole rings is 1. The van der Waals surface area contributed by atoms with E-state index in [0.717, 1.165) is 25.3 Å². The minimum absolute atomic E-state index is 0.0657. The highest BCUT2D eigenvalue weighted by Crippen LogP contribution is 2.41. The van der Waals surface area contributed by atoms with Crippen LogP contribution in [0.4, 0.5) is 0 Å². The number of hydrogen-bond donors (Lipinski definition) is 0. The number of nitrogens with zero attached hydrogens (tertiary/aromatic N) is 3. The van der Waals surface area contributed by atoms with Crippen molar-refractivity contribution in [2.45, 2.75) is 97.5 Å². The lowest BCUT2D eigenvalue weighted by atomic mass is 10.1. The first kappa shape index (κ1) is 51.9. The van der Waals surface area contributed by atoms with Gasteiger partial charge in [0, 0.05) is 5.56 Å². The Labute approximate surface area is 428 Å². The number of hydrogen-bond acceptors (Lipinski definition) is 10. The van der Waals surface area contributed by atoms with Gasteiger partial charge in [0.2, 0.25) is 5.89 Å². The monoisotopic (exact) mass is 1020 g/mol. The zero-order chi connectivity index (χ0) is 51.5. The van der Waals surface area contributed by atoms with E-state index in [0.29, 0.717) is 39.1 Å². The Morgan fingerprint density at radius 2 is 1.19 bits per heavy atom. The van der Waals surface area contributed by atoms with E-state index in [-0.39, 0.29) is 30.2 Å². The molecule has 8 rings (SSSR count). The molecule has 14 heteroatoms. The Morgan fingerprint density at radius 1 is 0.694 bits per heavy atom. The number of aromatic nitrogens is 3. The molecule has 0 aliphatic heterocycles. The number of thiophene rings is 1. The first-order chi connectivity index (χ1) is 34.4. The van der Waals surface area contributed by atoms with Crippen LogP contribution in [0.5, 0.6) is 5.75 Å². The average molecular weight is 1020 g/mol. The summed E-state index contributed by atoms with van der Waals surface area (Å²) in [5, 5.41) is 3.45. The maximum absolute atomic E-state index is 15.7. The zero-order valence-electron chi connectivity index (χ0n) is 42.9. The Balaban J connectivity index is 1.26. The molecule has 1 atom stereocenters. The molecular weight excluding hydrogens is 955 g/mol. The van der Waals surface area contributed by atoms with Gasteiger partial charge in [-0.15, -0.1) is 11.3 Å². The Hall–Kier alpha value is -6.43. The number of carbonyl (C=O) groups excluding carboxylic acids is 1. The predicted octanol–water partition coefficient (Wildman–Crippen LogP) is 9.76. The van der Waals surface area contributed by atoms with E-state index < -0.39 is 50.5 Å². The van der Waals surface area contributed by atoms with E-state index in [2.05, 4.69) is 95.1 Å². The minimum Gasteiger partial charge on any atom is -0.508 e. The van der Waals surface area contributed by atoms with Gasteiger partial charge >= 0.3 is 20.0 Å². The molecule has 0 bridgehead atoms. The molecule has 0 spiro atoms. The molecular formula is C58H65N3O8SSi2. The smallest absolute Gasteiger partial charge is 0.333 e. The first-order valence-electron chi connectivity index (χ1n) is 24.5. The van der Waals surface area contributed by atoms with Crippen LogP contribution in [0, 0.1) is 6.92 Å². The second-order valence-corrected chi connectivity index (χ2v) is 30.1. The molecule has 0 fully saturated rings. The summed E-state index contributed by atoms with van der Waals surface area (Å²) in [4.78, 5) is 51.9. The fraction of sp³-hybridized carbons (Fsp3) is 0.310. The van der Waals surface area contributed by atoms with E-state index in [1.165, 1.54) is 23.8 Å². The second-order valence-electron chi connectivity index (χ2n) is 20.6. The van der Waals surface area contributed by atoms with Crippen LogP contribution < -0.4 is 36.7 Å². The predicted molar refractivity (Wildman–Crippen MR) is 293 cm³/mol. The number of para-hydroxylation sites is 1. The molecule has 0 unspecified atom stereocenters. The van der Waals surface area contributed by atoms with Gasteiger partial charge in [0.15, 0.2) is 0 Å². The van der Waals surface area contributed by atoms with Crippen molar-refractivity contribution in [2.75, 3.05) is 19.8 Å². The maximum atomic E-state index is 15.7. The van der Waals surface area contributed by atoms with Gasteiger partial charge in [-0.2, -0.15) is 0 Å². The lowest BCUT2D eigenvalue weighted by Crippen LogP contribution is -2.69. The van der Waals surface area contributed by atoms with Crippen molar-refractivity contribution in [1.82, 2.24) is 14.1 Å². The fourth-order valence-electron chi connectivity index (χ4n) is 10.1. The molecule has 3 aromatic heterocycles. The molecule has 0 saturated carbocycles. The summed E-state index contributed by atoms with van der Waals surface area (Å²) in [6, 6.07) is 48.1. The van der Waals surface area contributed by atoms with Crippen molar-refractivity contribution >= 4 is 64.9 Å². The Morgan fingerprint density at radius 3 is 1.68 bits per heavy atom. The normalized spacial score (nSPS) is 13.0. The van der Waals surface area contributed by atoms with Gasteiger partial charge in [0.25, 0.3) is 13.9 Å². The SMILES string of the molecule is CCOc1ccccc1[C@H](Cn1c(=O)n(C(C)(C)C(=O)O[Si](c2ccccc2)(c2ccccc2)C(C)(C)C)c(=O)c2c(C)c(-c3ncco3)sc21)OCCO[Si](c1ccccc1)(c1ccccc1)C(C)(C)C. The molecule has 0 N–H and O–H groups in total. The molecule has 0 aliphatic carbocycles. The highest BCUT2D eigenvalue weighted by atomic mass is 32.1. The number of fused-ring (bicyclic) bond motifs is 1. The van der Waals surface area contributed by atoms with E-state index in [1.54, 1.807) is 18.4 Å². The van der Waals surface area contributed by atoms with Crippen LogP contribution in [0.25, 0.3) is 21.0 Å². The van der Waals surface area contributed by atoms with Crippen LogP contribution in [0.1, 0.15) is 79.5 Å². The quantitative estimate of drug-likeness (QED) is 0.0611. The van der Waals surface area contributed by atoms with Gasteiger partial charge in [-0.05, 0) is 70.1 Å². The molecule has 0 amide bonds. The highest BCUT2D eigenvalue weighted by Gasteiger charge is 2.55. The van der Waals surface area contributed by atoms with Crippen LogP contribution in [-0.2, 0) is 30.5 Å². The summed E-state index contributed by atoms with van der Waals surface area (Å²) in [5.74, 6) is 0.184.